The first-order valence-corrected chi connectivity index (χ1v) is 3.85. The monoisotopic (exact) mass is 330 g/mol. The largest absolute Gasteiger partial charge is 1.00 e. The van der Waals surface area contributed by atoms with Gasteiger partial charge >= 0.3 is 68.9 Å². The van der Waals surface area contributed by atoms with Crippen molar-refractivity contribution in [3.8, 4) is 0 Å². The molecular formula is C5H13CsN2O2S2. The number of hydrogen-bond acceptors (Lipinski definition) is 5. The maximum absolute atomic E-state index is 8.15. The summed E-state index contributed by atoms with van der Waals surface area (Å²) in [5.74, 6) is 0. The summed E-state index contributed by atoms with van der Waals surface area (Å²) in [6, 6.07) is 0. The van der Waals surface area contributed by atoms with Crippen LogP contribution in [0, 0.1) is 0 Å². The van der Waals surface area contributed by atoms with Crippen LogP contribution >= 0.6 is 12.2 Å². The van der Waals surface area contributed by atoms with Gasteiger partial charge in [-0.2, -0.15) is 0 Å². The van der Waals surface area contributed by atoms with E-state index in [1.807, 2.05) is 0 Å². The van der Waals surface area contributed by atoms with E-state index in [0.717, 1.165) is 0 Å². The van der Waals surface area contributed by atoms with Crippen molar-refractivity contribution in [1.29, 1.82) is 0 Å². The van der Waals surface area contributed by atoms with E-state index in [1.54, 1.807) is 0 Å². The van der Waals surface area contributed by atoms with Gasteiger partial charge in [-0.1, -0.05) is 4.32 Å². The Morgan fingerprint density at radius 1 is 1.33 bits per heavy atom. The van der Waals surface area contributed by atoms with Crippen LogP contribution in [0.4, 0.5) is 0 Å². The summed E-state index contributed by atoms with van der Waals surface area (Å²) in [6.45, 7) is 1.42. The first kappa shape index (κ1) is 19.6. The van der Waals surface area contributed by atoms with Crippen LogP contribution in [0.2, 0.25) is 0 Å². The molecule has 0 aromatic heterocycles. The molecule has 0 saturated heterocycles. The van der Waals surface area contributed by atoms with Crippen LogP contribution in [0.3, 0.4) is 0 Å². The van der Waals surface area contributed by atoms with Gasteiger partial charge in [-0.15, -0.1) is 0 Å². The van der Waals surface area contributed by atoms with Crippen molar-refractivity contribution in [3.63, 3.8) is 0 Å². The molecule has 0 fully saturated rings. The predicted octanol–water partition coefficient (Wildman–Crippen LogP) is -4.66. The third-order valence-electron chi connectivity index (χ3n) is 0.577. The standard InChI is InChI=1S/C4H11NO2.CH3NS2.Cs/c6-3-1-5-2-4-7;2-1(3)4;/h5-7H,1-4H2;(H3,2,3,4);/q;;+1/p-1. The van der Waals surface area contributed by atoms with Crippen LogP contribution in [0.1, 0.15) is 0 Å². The van der Waals surface area contributed by atoms with Gasteiger partial charge in [0, 0.05) is 13.1 Å². The van der Waals surface area contributed by atoms with E-state index in [2.05, 4.69) is 35.9 Å². The molecule has 5 N–H and O–H groups in total. The molecular weight excluding hydrogens is 317 g/mol. The zero-order valence-electron chi connectivity index (χ0n) is 7.12. The number of nitrogens with one attached hydrogen (secondary N) is 1. The van der Waals surface area contributed by atoms with Gasteiger partial charge in [0.2, 0.25) is 0 Å². The summed E-state index contributed by atoms with van der Waals surface area (Å²) in [5.41, 5.74) is 4.66. The minimum absolute atomic E-state index is 0. The van der Waals surface area contributed by atoms with Crippen LogP contribution in [0.15, 0.2) is 0 Å². The Labute approximate surface area is 143 Å². The van der Waals surface area contributed by atoms with Gasteiger partial charge in [-0.25, -0.2) is 0 Å². The maximum atomic E-state index is 8.15. The van der Waals surface area contributed by atoms with Gasteiger partial charge < -0.3 is 46.1 Å². The van der Waals surface area contributed by atoms with Crippen molar-refractivity contribution < 1.29 is 79.1 Å². The Hall–Kier alpha value is 2.04. The molecule has 0 bridgehead atoms. The maximum Gasteiger partial charge on any atom is 1.00 e. The molecule has 0 spiro atoms. The van der Waals surface area contributed by atoms with Gasteiger partial charge in [-0.3, -0.25) is 0 Å². The van der Waals surface area contributed by atoms with Crippen LogP contribution in [0.5, 0.6) is 0 Å². The van der Waals surface area contributed by atoms with E-state index >= 15 is 0 Å². The Bertz CT molecular complexity index is 89.5. The molecule has 0 aliphatic rings. The van der Waals surface area contributed by atoms with Crippen molar-refractivity contribution in [3.05, 3.63) is 0 Å². The molecule has 7 heteroatoms. The number of rotatable bonds is 4. The first-order valence-electron chi connectivity index (χ1n) is 3.04. The number of aliphatic hydroxyl groups excluding tert-OH is 2. The fourth-order valence-corrected chi connectivity index (χ4v) is 0.283. The van der Waals surface area contributed by atoms with E-state index in [4.69, 9.17) is 10.2 Å². The number of hydrogen-bond donors (Lipinski definition) is 4. The molecule has 0 aromatic rings. The SMILES string of the molecule is NC(=S)[S-].OCCNCCO.[Cs+]. The van der Waals surface area contributed by atoms with Gasteiger partial charge in [0.1, 0.15) is 0 Å². The minimum Gasteiger partial charge on any atom is -0.415 e. The second-order valence-electron chi connectivity index (χ2n) is 1.52. The summed E-state index contributed by atoms with van der Waals surface area (Å²) < 4.78 is 0.0833. The van der Waals surface area contributed by atoms with E-state index < -0.39 is 0 Å². The molecule has 0 rings (SSSR count). The van der Waals surface area contributed by atoms with Gasteiger partial charge in [-0.05, 0) is 0 Å². The third-order valence-corrected chi connectivity index (χ3v) is 0.577. The second kappa shape index (κ2) is 18.8. The molecule has 0 saturated carbocycles. The smallest absolute Gasteiger partial charge is 0.415 e. The van der Waals surface area contributed by atoms with Gasteiger partial charge in [0.05, 0.1) is 13.2 Å². The summed E-state index contributed by atoms with van der Waals surface area (Å²) in [5, 5.41) is 19.1. The summed E-state index contributed by atoms with van der Waals surface area (Å²) >= 11 is 8.26. The molecule has 0 aliphatic carbocycles. The Morgan fingerprint density at radius 3 is 1.75 bits per heavy atom. The van der Waals surface area contributed by atoms with Crippen molar-refractivity contribution in [2.75, 3.05) is 26.3 Å². The quantitative estimate of drug-likeness (QED) is 0.236. The topological polar surface area (TPSA) is 78.5 Å². The normalized spacial score (nSPS) is 7.50. The molecule has 0 amide bonds. The van der Waals surface area contributed by atoms with E-state index in [1.165, 1.54) is 0 Å². The van der Waals surface area contributed by atoms with E-state index in [-0.39, 0.29) is 86.4 Å². The molecule has 0 radical (unpaired) electrons. The Balaban J connectivity index is -0.000000142. The average molecular weight is 330 g/mol. The number of aliphatic hydroxyl groups is 2. The van der Waals surface area contributed by atoms with Crippen molar-refractivity contribution in [2.24, 2.45) is 5.73 Å². The number of nitrogens with two attached hydrogens (primary N) is 1. The molecule has 0 unspecified atom stereocenters. The molecule has 0 aliphatic heterocycles. The fraction of sp³-hybridized carbons (Fsp3) is 0.800. The summed E-state index contributed by atoms with van der Waals surface area (Å²) in [4.78, 5) is 0. The van der Waals surface area contributed by atoms with Crippen molar-refractivity contribution in [2.45, 2.75) is 0 Å². The zero-order valence-corrected chi connectivity index (χ0v) is 15.0. The molecule has 0 heterocycles. The first-order chi connectivity index (χ1) is 5.15. The molecule has 12 heavy (non-hydrogen) atoms. The van der Waals surface area contributed by atoms with E-state index in [9.17, 15) is 0 Å². The fourth-order valence-electron chi connectivity index (χ4n) is 0.283. The minimum atomic E-state index is 0. The number of thiocarbonyl (C=S) groups is 1. The van der Waals surface area contributed by atoms with Crippen LogP contribution in [-0.2, 0) is 12.6 Å². The molecule has 68 valence electrons. The Morgan fingerprint density at radius 2 is 1.58 bits per heavy atom. The second-order valence-corrected chi connectivity index (χ2v) is 2.65. The van der Waals surface area contributed by atoms with Gasteiger partial charge in [0.15, 0.2) is 0 Å². The Kier molecular flexibility index (Phi) is 30.6. The van der Waals surface area contributed by atoms with Crippen molar-refractivity contribution >= 4 is 29.2 Å². The van der Waals surface area contributed by atoms with E-state index in [0.29, 0.717) is 13.1 Å². The third kappa shape index (κ3) is 40.2. The predicted molar refractivity (Wildman–Crippen MR) is 51.2 cm³/mol. The van der Waals surface area contributed by atoms with Crippen molar-refractivity contribution in [1.82, 2.24) is 5.32 Å². The summed E-state index contributed by atoms with van der Waals surface area (Å²) in [7, 11) is 0. The van der Waals surface area contributed by atoms with Crippen LogP contribution in [-0.4, -0.2) is 40.8 Å². The molecule has 4 nitrogen and oxygen atoms in total. The molecule has 0 aromatic carbocycles. The van der Waals surface area contributed by atoms with Gasteiger partial charge in [0.25, 0.3) is 0 Å². The summed E-state index contributed by atoms with van der Waals surface area (Å²) in [6.07, 6.45) is 0. The van der Waals surface area contributed by atoms with Crippen LogP contribution < -0.4 is 79.9 Å². The van der Waals surface area contributed by atoms with Crippen LogP contribution in [0.25, 0.3) is 0 Å². The zero-order chi connectivity index (χ0) is 9.11. The average Bonchev–Trinajstić information content (AvgIpc) is 1.88. The molecule has 0 atom stereocenters.